The average Bonchev–Trinajstić information content (AvgIpc) is 2.27. The third kappa shape index (κ3) is 4.85. The highest BCUT2D eigenvalue weighted by molar-refractivity contribution is 9.10. The normalized spacial score (nSPS) is 13.8. The minimum absolute atomic E-state index is 0.143. The molecule has 0 aromatic heterocycles. The second-order valence-corrected chi connectivity index (χ2v) is 7.24. The second kappa shape index (κ2) is 6.81. The quantitative estimate of drug-likeness (QED) is 0.807. The molecule has 0 aliphatic heterocycles. The van der Waals surface area contributed by atoms with E-state index >= 15 is 0 Å². The molecule has 108 valence electrons. The third-order valence-corrected chi connectivity index (χ3v) is 5.05. The van der Waals surface area contributed by atoms with E-state index in [1.54, 1.807) is 19.1 Å². The first-order chi connectivity index (χ1) is 8.76. The molecule has 2 N–H and O–H groups in total. The lowest BCUT2D eigenvalue weighted by Gasteiger charge is -2.19. The molecule has 7 heteroatoms. The van der Waals surface area contributed by atoms with Gasteiger partial charge in [-0.2, -0.15) is 0 Å². The van der Waals surface area contributed by atoms with E-state index in [1.165, 1.54) is 6.07 Å². The first-order valence-corrected chi connectivity index (χ1v) is 8.10. The zero-order valence-corrected chi connectivity index (χ0v) is 13.6. The van der Waals surface area contributed by atoms with Gasteiger partial charge in [0.25, 0.3) is 0 Å². The van der Waals surface area contributed by atoms with E-state index in [9.17, 15) is 8.42 Å². The summed E-state index contributed by atoms with van der Waals surface area (Å²) < 4.78 is 27.6. The zero-order chi connectivity index (χ0) is 14.6. The number of aliphatic hydroxyl groups excluding tert-OH is 1. The van der Waals surface area contributed by atoms with Crippen molar-refractivity contribution in [1.82, 2.24) is 9.62 Å². The Morgan fingerprint density at radius 3 is 2.58 bits per heavy atom. The Bertz CT molecular complexity index is 532. The van der Waals surface area contributed by atoms with Gasteiger partial charge in [-0.15, -0.1) is 0 Å². The predicted octanol–water partition coefficient (Wildman–Crippen LogP) is 1.17. The Balaban J connectivity index is 3.00. The lowest BCUT2D eigenvalue weighted by Crippen LogP contribution is -2.39. The van der Waals surface area contributed by atoms with E-state index in [-0.39, 0.29) is 17.5 Å². The Labute approximate surface area is 122 Å². The minimum atomic E-state index is -3.60. The van der Waals surface area contributed by atoms with Gasteiger partial charge in [-0.1, -0.05) is 6.07 Å². The van der Waals surface area contributed by atoms with Gasteiger partial charge in [0.1, 0.15) is 0 Å². The molecule has 0 heterocycles. The molecule has 1 aromatic carbocycles. The third-order valence-electron chi connectivity index (χ3n) is 2.46. The van der Waals surface area contributed by atoms with E-state index in [0.717, 1.165) is 0 Å². The molecule has 0 spiro atoms. The molecule has 19 heavy (non-hydrogen) atoms. The van der Waals surface area contributed by atoms with Crippen LogP contribution >= 0.6 is 15.9 Å². The summed E-state index contributed by atoms with van der Waals surface area (Å²) >= 11 is 3.23. The van der Waals surface area contributed by atoms with Gasteiger partial charge >= 0.3 is 0 Å². The summed E-state index contributed by atoms with van der Waals surface area (Å²) in [6, 6.07) is 4.56. The van der Waals surface area contributed by atoms with Gasteiger partial charge in [-0.3, -0.25) is 0 Å². The number of aliphatic hydroxyl groups is 1. The van der Waals surface area contributed by atoms with Crippen LogP contribution in [0.5, 0.6) is 0 Å². The van der Waals surface area contributed by atoms with Crippen molar-refractivity contribution in [3.05, 3.63) is 28.2 Å². The van der Waals surface area contributed by atoms with E-state index in [4.69, 9.17) is 5.11 Å². The number of likely N-dealkylation sites (N-methyl/N-ethyl adjacent to an activating group) is 1. The molecular weight excluding hydrogens is 332 g/mol. The largest absolute Gasteiger partial charge is 0.392 e. The van der Waals surface area contributed by atoms with Crippen molar-refractivity contribution in [2.24, 2.45) is 0 Å². The molecule has 0 bridgehead atoms. The van der Waals surface area contributed by atoms with Crippen molar-refractivity contribution in [1.29, 1.82) is 0 Å². The Morgan fingerprint density at radius 1 is 1.42 bits per heavy atom. The Morgan fingerprint density at radius 2 is 2.05 bits per heavy atom. The van der Waals surface area contributed by atoms with Crippen molar-refractivity contribution in [3.8, 4) is 0 Å². The maximum Gasteiger partial charge on any atom is 0.241 e. The second-order valence-electron chi connectivity index (χ2n) is 4.71. The number of nitrogens with one attached hydrogen (secondary N) is 1. The van der Waals surface area contributed by atoms with Gasteiger partial charge in [0.05, 0.1) is 11.5 Å². The molecule has 1 unspecified atom stereocenters. The highest BCUT2D eigenvalue weighted by Crippen LogP contribution is 2.23. The summed E-state index contributed by atoms with van der Waals surface area (Å²) in [6.07, 6.45) is 0. The van der Waals surface area contributed by atoms with Crippen LogP contribution in [0.15, 0.2) is 27.6 Å². The van der Waals surface area contributed by atoms with Crippen molar-refractivity contribution < 1.29 is 13.5 Å². The molecule has 5 nitrogen and oxygen atoms in total. The van der Waals surface area contributed by atoms with Crippen LogP contribution in [0.25, 0.3) is 0 Å². The van der Waals surface area contributed by atoms with Gasteiger partial charge in [-0.25, -0.2) is 13.1 Å². The van der Waals surface area contributed by atoms with E-state index in [1.807, 2.05) is 19.0 Å². The van der Waals surface area contributed by atoms with Crippen LogP contribution in [0.2, 0.25) is 0 Å². The highest BCUT2D eigenvalue weighted by Gasteiger charge is 2.20. The van der Waals surface area contributed by atoms with Gasteiger partial charge < -0.3 is 10.0 Å². The molecule has 0 aliphatic carbocycles. The van der Waals surface area contributed by atoms with Crippen LogP contribution in [0.4, 0.5) is 0 Å². The smallest absolute Gasteiger partial charge is 0.241 e. The van der Waals surface area contributed by atoms with Crippen molar-refractivity contribution in [2.45, 2.75) is 24.5 Å². The molecule has 1 rings (SSSR count). The van der Waals surface area contributed by atoms with Crippen LogP contribution in [-0.4, -0.2) is 45.1 Å². The number of sulfonamides is 1. The number of halogens is 1. The van der Waals surface area contributed by atoms with Crippen LogP contribution < -0.4 is 4.72 Å². The fraction of sp³-hybridized carbons (Fsp3) is 0.500. The first kappa shape index (κ1) is 16.6. The highest BCUT2D eigenvalue weighted by atomic mass is 79.9. The topological polar surface area (TPSA) is 69.6 Å². The SMILES string of the molecule is CC(CN(C)C)NS(=O)(=O)c1cc(CO)ccc1Br. The zero-order valence-electron chi connectivity index (χ0n) is 11.2. The van der Waals surface area contributed by atoms with Crippen LogP contribution in [0.1, 0.15) is 12.5 Å². The molecule has 0 aliphatic rings. The number of hydrogen-bond acceptors (Lipinski definition) is 4. The summed E-state index contributed by atoms with van der Waals surface area (Å²) in [4.78, 5) is 2.05. The van der Waals surface area contributed by atoms with E-state index in [2.05, 4.69) is 20.7 Å². The summed E-state index contributed by atoms with van der Waals surface area (Å²) in [5.74, 6) is 0. The van der Waals surface area contributed by atoms with Crippen molar-refractivity contribution >= 4 is 26.0 Å². The first-order valence-electron chi connectivity index (χ1n) is 5.82. The van der Waals surface area contributed by atoms with Crippen molar-refractivity contribution in [2.75, 3.05) is 20.6 Å². The molecular formula is C12H19BrN2O3S. The summed E-state index contributed by atoms with van der Waals surface area (Å²) in [5, 5.41) is 9.08. The predicted molar refractivity (Wildman–Crippen MR) is 78.4 cm³/mol. The molecule has 0 radical (unpaired) electrons. The summed E-state index contributed by atoms with van der Waals surface area (Å²) in [6.45, 7) is 2.22. The Kier molecular flexibility index (Phi) is 5.94. The molecule has 0 saturated carbocycles. The summed E-state index contributed by atoms with van der Waals surface area (Å²) in [5.41, 5.74) is 0.559. The number of nitrogens with zero attached hydrogens (tertiary/aromatic N) is 1. The van der Waals surface area contributed by atoms with Crippen molar-refractivity contribution in [3.63, 3.8) is 0 Å². The maximum absolute atomic E-state index is 12.3. The number of rotatable bonds is 6. The monoisotopic (exact) mass is 350 g/mol. The lowest BCUT2D eigenvalue weighted by molar-refractivity contribution is 0.281. The van der Waals surface area contributed by atoms with Gasteiger partial charge in [0.15, 0.2) is 0 Å². The fourth-order valence-corrected chi connectivity index (χ4v) is 4.01. The lowest BCUT2D eigenvalue weighted by atomic mass is 10.2. The standard InChI is InChI=1S/C12H19BrN2O3S/c1-9(7-15(2)3)14-19(17,18)12-6-10(8-16)4-5-11(12)13/h4-6,9,14,16H,7-8H2,1-3H3. The molecule has 0 saturated heterocycles. The molecule has 1 atom stereocenters. The van der Waals surface area contributed by atoms with Crippen LogP contribution in [-0.2, 0) is 16.6 Å². The average molecular weight is 351 g/mol. The number of hydrogen-bond donors (Lipinski definition) is 2. The van der Waals surface area contributed by atoms with Gasteiger partial charge in [0.2, 0.25) is 10.0 Å². The molecule has 1 aromatic rings. The van der Waals surface area contributed by atoms with E-state index < -0.39 is 10.0 Å². The Hall–Kier alpha value is -0.470. The van der Waals surface area contributed by atoms with Gasteiger partial charge in [0, 0.05) is 17.1 Å². The fourth-order valence-electron chi connectivity index (χ4n) is 1.77. The molecule has 0 amide bonds. The maximum atomic E-state index is 12.3. The number of benzene rings is 1. The van der Waals surface area contributed by atoms with E-state index in [0.29, 0.717) is 16.6 Å². The molecule has 0 fully saturated rings. The minimum Gasteiger partial charge on any atom is -0.392 e. The van der Waals surface area contributed by atoms with Crippen LogP contribution in [0.3, 0.4) is 0 Å². The summed E-state index contributed by atoms with van der Waals surface area (Å²) in [7, 11) is 0.161. The van der Waals surface area contributed by atoms with Crippen LogP contribution in [0, 0.1) is 0 Å². The van der Waals surface area contributed by atoms with Gasteiger partial charge in [-0.05, 0) is 54.6 Å².